The molecule has 0 saturated heterocycles. The van der Waals surface area contributed by atoms with Crippen LogP contribution in [0.2, 0.25) is 0 Å². The van der Waals surface area contributed by atoms with Crippen LogP contribution < -0.4 is 11.5 Å². The van der Waals surface area contributed by atoms with Gasteiger partial charge in [-0.1, -0.05) is 0 Å². The van der Waals surface area contributed by atoms with Gasteiger partial charge in [-0.3, -0.25) is 0 Å². The van der Waals surface area contributed by atoms with Gasteiger partial charge in [-0.15, -0.1) is 0 Å². The molecule has 0 aromatic heterocycles. The van der Waals surface area contributed by atoms with Crippen molar-refractivity contribution in [1.29, 1.82) is 0 Å². The van der Waals surface area contributed by atoms with Crippen LogP contribution in [-0.2, 0) is 9.53 Å². The summed E-state index contributed by atoms with van der Waals surface area (Å²) in [5, 5.41) is 0. The first-order valence-electron chi connectivity index (χ1n) is 3.84. The van der Waals surface area contributed by atoms with Crippen molar-refractivity contribution < 1.29 is 18.3 Å². The van der Waals surface area contributed by atoms with Gasteiger partial charge in [0, 0.05) is 0 Å². The summed E-state index contributed by atoms with van der Waals surface area (Å²) >= 11 is 0. The molecule has 0 rings (SSSR count). The number of methoxy groups -OCH3 is 1. The Bertz CT molecular complexity index is 178. The molecule has 4 N–H and O–H groups in total. The van der Waals surface area contributed by atoms with Gasteiger partial charge >= 0.3 is 5.97 Å². The Hall–Kier alpha value is -0.750. The van der Waals surface area contributed by atoms with E-state index in [2.05, 4.69) is 4.74 Å². The van der Waals surface area contributed by atoms with Crippen LogP contribution in [0.15, 0.2) is 0 Å². The van der Waals surface area contributed by atoms with Gasteiger partial charge in [0.05, 0.1) is 7.11 Å². The van der Waals surface area contributed by atoms with E-state index in [9.17, 15) is 13.6 Å². The zero-order chi connectivity index (χ0) is 10.5. The van der Waals surface area contributed by atoms with Crippen LogP contribution >= 0.6 is 0 Å². The highest BCUT2D eigenvalue weighted by Gasteiger charge is 2.44. The number of alkyl halides is 2. The average molecular weight is 196 g/mol. The van der Waals surface area contributed by atoms with Gasteiger partial charge in [0.15, 0.2) is 5.54 Å². The van der Waals surface area contributed by atoms with Crippen LogP contribution in [0.5, 0.6) is 0 Å². The summed E-state index contributed by atoms with van der Waals surface area (Å²) in [4.78, 5) is 10.9. The van der Waals surface area contributed by atoms with Crippen molar-refractivity contribution >= 4 is 5.97 Å². The summed E-state index contributed by atoms with van der Waals surface area (Å²) in [5.74, 6) is -1.10. The third-order valence-electron chi connectivity index (χ3n) is 1.75. The number of carbonyl (C=O) groups excluding carboxylic acids is 1. The van der Waals surface area contributed by atoms with Crippen molar-refractivity contribution in [3.8, 4) is 0 Å². The minimum atomic E-state index is -2.94. The van der Waals surface area contributed by atoms with Gasteiger partial charge in [-0.2, -0.15) is 0 Å². The Morgan fingerprint density at radius 1 is 1.62 bits per heavy atom. The van der Waals surface area contributed by atoms with Crippen LogP contribution in [0, 0.1) is 0 Å². The number of ether oxygens (including phenoxy) is 1. The normalized spacial score (nSPS) is 15.5. The number of hydrogen-bond donors (Lipinski definition) is 2. The van der Waals surface area contributed by atoms with E-state index >= 15 is 0 Å². The third-order valence-corrected chi connectivity index (χ3v) is 1.75. The Morgan fingerprint density at radius 2 is 2.15 bits per heavy atom. The topological polar surface area (TPSA) is 78.3 Å². The Labute approximate surface area is 75.2 Å². The molecule has 0 aromatic rings. The molecule has 0 bridgehead atoms. The highest BCUT2D eigenvalue weighted by Crippen LogP contribution is 2.20. The lowest BCUT2D eigenvalue weighted by molar-refractivity contribution is -0.153. The molecule has 78 valence electrons. The van der Waals surface area contributed by atoms with Crippen molar-refractivity contribution in [3.05, 3.63) is 0 Å². The van der Waals surface area contributed by atoms with Crippen molar-refractivity contribution in [1.82, 2.24) is 0 Å². The van der Waals surface area contributed by atoms with E-state index in [0.29, 0.717) is 0 Å². The number of carbonyl (C=O) groups is 1. The zero-order valence-corrected chi connectivity index (χ0v) is 7.43. The smallest absolute Gasteiger partial charge is 0.331 e. The largest absolute Gasteiger partial charge is 0.467 e. The third kappa shape index (κ3) is 2.89. The Morgan fingerprint density at radius 3 is 2.46 bits per heavy atom. The first-order chi connectivity index (χ1) is 5.99. The molecule has 0 radical (unpaired) electrons. The van der Waals surface area contributed by atoms with E-state index in [1.165, 1.54) is 0 Å². The second kappa shape index (κ2) is 5.08. The summed E-state index contributed by atoms with van der Waals surface area (Å²) in [6.07, 6.45) is -2.85. The molecule has 0 aliphatic rings. The molecular weight excluding hydrogens is 182 g/mol. The van der Waals surface area contributed by atoms with E-state index in [-0.39, 0.29) is 19.4 Å². The number of esters is 1. The van der Waals surface area contributed by atoms with E-state index < -0.39 is 17.9 Å². The lowest BCUT2D eigenvalue weighted by Crippen LogP contribution is -2.55. The van der Waals surface area contributed by atoms with E-state index in [1.54, 1.807) is 0 Å². The summed E-state index contributed by atoms with van der Waals surface area (Å²) in [7, 11) is 1.02. The summed E-state index contributed by atoms with van der Waals surface area (Å²) in [6.45, 7) is 0.211. The molecule has 0 aliphatic carbocycles. The van der Waals surface area contributed by atoms with Crippen LogP contribution in [-0.4, -0.2) is 31.6 Å². The van der Waals surface area contributed by atoms with Crippen molar-refractivity contribution in [2.75, 3.05) is 13.7 Å². The van der Waals surface area contributed by atoms with Crippen LogP contribution in [0.3, 0.4) is 0 Å². The lowest BCUT2D eigenvalue weighted by atomic mass is 9.95. The van der Waals surface area contributed by atoms with Crippen LogP contribution in [0.25, 0.3) is 0 Å². The fourth-order valence-corrected chi connectivity index (χ4v) is 0.885. The lowest BCUT2D eigenvalue weighted by Gasteiger charge is -2.24. The molecule has 1 atom stereocenters. The number of nitrogens with two attached hydrogens (primary N) is 2. The van der Waals surface area contributed by atoms with Crippen LogP contribution in [0.1, 0.15) is 12.8 Å². The molecular formula is C7H14F2N2O2. The predicted molar refractivity (Wildman–Crippen MR) is 43.2 cm³/mol. The predicted octanol–water partition coefficient (Wildman–Crippen LogP) is -0.139. The molecule has 0 spiro atoms. The number of halogens is 2. The summed E-state index contributed by atoms with van der Waals surface area (Å²) in [5.41, 5.74) is 8.11. The van der Waals surface area contributed by atoms with Gasteiger partial charge in [-0.25, -0.2) is 13.6 Å². The molecule has 0 amide bonds. The molecule has 0 saturated carbocycles. The first-order valence-corrected chi connectivity index (χ1v) is 3.84. The molecule has 0 aromatic carbocycles. The fraction of sp³-hybridized carbons (Fsp3) is 0.857. The minimum Gasteiger partial charge on any atom is -0.467 e. The molecule has 0 aliphatic heterocycles. The highest BCUT2D eigenvalue weighted by molar-refractivity contribution is 5.81. The molecule has 13 heavy (non-hydrogen) atoms. The average Bonchev–Trinajstić information content (AvgIpc) is 2.12. The maximum Gasteiger partial charge on any atom is 0.331 e. The van der Waals surface area contributed by atoms with Crippen LogP contribution in [0.4, 0.5) is 8.78 Å². The minimum absolute atomic E-state index is 0.173. The van der Waals surface area contributed by atoms with Gasteiger partial charge < -0.3 is 16.2 Å². The van der Waals surface area contributed by atoms with Gasteiger partial charge in [0.1, 0.15) is 0 Å². The molecule has 6 heteroatoms. The standard InChI is InChI=1S/C7H14F2N2O2/c1-13-6(12)7(11,5(8)9)3-2-4-10/h5H,2-4,10-11H2,1H3. The van der Waals surface area contributed by atoms with E-state index in [0.717, 1.165) is 7.11 Å². The molecule has 0 heterocycles. The van der Waals surface area contributed by atoms with Gasteiger partial charge in [-0.05, 0) is 19.4 Å². The van der Waals surface area contributed by atoms with Crippen molar-refractivity contribution in [2.24, 2.45) is 11.5 Å². The Balaban J connectivity index is 4.43. The van der Waals surface area contributed by atoms with E-state index in [1.807, 2.05) is 0 Å². The monoisotopic (exact) mass is 196 g/mol. The zero-order valence-electron chi connectivity index (χ0n) is 7.43. The second-order valence-corrected chi connectivity index (χ2v) is 2.72. The second-order valence-electron chi connectivity index (χ2n) is 2.72. The maximum absolute atomic E-state index is 12.4. The summed E-state index contributed by atoms with van der Waals surface area (Å²) in [6, 6.07) is 0. The number of rotatable bonds is 5. The quantitative estimate of drug-likeness (QED) is 0.600. The van der Waals surface area contributed by atoms with Crippen molar-refractivity contribution in [2.45, 2.75) is 24.8 Å². The molecule has 0 fully saturated rings. The fourth-order valence-electron chi connectivity index (χ4n) is 0.885. The SMILES string of the molecule is COC(=O)C(N)(CCCN)C(F)F. The number of hydrogen-bond acceptors (Lipinski definition) is 4. The molecule has 1 unspecified atom stereocenters. The Kier molecular flexibility index (Phi) is 4.79. The van der Waals surface area contributed by atoms with Crippen molar-refractivity contribution in [3.63, 3.8) is 0 Å². The van der Waals surface area contributed by atoms with Gasteiger partial charge in [0.25, 0.3) is 6.43 Å². The first kappa shape index (κ1) is 12.2. The van der Waals surface area contributed by atoms with Gasteiger partial charge in [0.2, 0.25) is 0 Å². The maximum atomic E-state index is 12.4. The van der Waals surface area contributed by atoms with E-state index in [4.69, 9.17) is 11.5 Å². The highest BCUT2D eigenvalue weighted by atomic mass is 19.3. The summed E-state index contributed by atoms with van der Waals surface area (Å²) < 4.78 is 28.9. The molecule has 4 nitrogen and oxygen atoms in total.